The fourth-order valence-electron chi connectivity index (χ4n) is 3.01. The molecule has 0 unspecified atom stereocenters. The first kappa shape index (κ1) is 15.2. The maximum Gasteiger partial charge on any atom is 0.307 e. The van der Waals surface area contributed by atoms with Crippen LogP contribution in [0.15, 0.2) is 36.4 Å². The molecule has 2 aromatic carbocycles. The summed E-state index contributed by atoms with van der Waals surface area (Å²) >= 11 is 0. The van der Waals surface area contributed by atoms with Crippen LogP contribution in [0.4, 0.5) is 0 Å². The standard InChI is InChI=1S/C19H19NO3/c1-11-4-6-14(12(2)8-11)19-16(10-18(21)22)15-9-13(23-3)5-7-17(15)20-19/h4-9,20H,10H2,1-3H3,(H,21,22). The van der Waals surface area contributed by atoms with Crippen LogP contribution in [0.1, 0.15) is 16.7 Å². The van der Waals surface area contributed by atoms with E-state index in [1.165, 1.54) is 5.56 Å². The van der Waals surface area contributed by atoms with Gasteiger partial charge in [-0.1, -0.05) is 23.8 Å². The number of aliphatic carboxylic acids is 1. The van der Waals surface area contributed by atoms with Gasteiger partial charge in [0.1, 0.15) is 5.75 Å². The smallest absolute Gasteiger partial charge is 0.307 e. The van der Waals surface area contributed by atoms with E-state index in [-0.39, 0.29) is 6.42 Å². The minimum Gasteiger partial charge on any atom is -0.497 e. The van der Waals surface area contributed by atoms with Gasteiger partial charge in [0.25, 0.3) is 0 Å². The molecule has 0 radical (unpaired) electrons. The molecule has 0 aliphatic carbocycles. The Kier molecular flexibility index (Phi) is 3.82. The second-order valence-electron chi connectivity index (χ2n) is 5.78. The second kappa shape index (κ2) is 5.80. The molecule has 0 atom stereocenters. The topological polar surface area (TPSA) is 62.3 Å². The van der Waals surface area contributed by atoms with Crippen LogP contribution in [0.3, 0.4) is 0 Å². The Morgan fingerprint density at radius 1 is 1.17 bits per heavy atom. The molecule has 0 fully saturated rings. The van der Waals surface area contributed by atoms with Crippen LogP contribution >= 0.6 is 0 Å². The number of fused-ring (bicyclic) bond motifs is 1. The first-order valence-electron chi connectivity index (χ1n) is 7.47. The largest absolute Gasteiger partial charge is 0.497 e. The number of carbonyl (C=O) groups is 1. The van der Waals surface area contributed by atoms with Crippen molar-refractivity contribution in [2.45, 2.75) is 20.3 Å². The number of hydrogen-bond acceptors (Lipinski definition) is 2. The average Bonchev–Trinajstić information content (AvgIpc) is 2.84. The number of rotatable bonds is 4. The highest BCUT2D eigenvalue weighted by atomic mass is 16.5. The van der Waals surface area contributed by atoms with E-state index in [9.17, 15) is 9.90 Å². The molecule has 4 heteroatoms. The van der Waals surface area contributed by atoms with Gasteiger partial charge in [-0.3, -0.25) is 4.79 Å². The molecule has 0 aliphatic rings. The highest BCUT2D eigenvalue weighted by Gasteiger charge is 2.17. The number of H-pyrrole nitrogens is 1. The van der Waals surface area contributed by atoms with Gasteiger partial charge in [0.15, 0.2) is 0 Å². The normalized spacial score (nSPS) is 10.9. The number of methoxy groups -OCH3 is 1. The molecule has 3 rings (SSSR count). The van der Waals surface area contributed by atoms with Crippen molar-refractivity contribution in [1.29, 1.82) is 0 Å². The number of carboxylic acid groups (broad SMARTS) is 1. The van der Waals surface area contributed by atoms with Gasteiger partial charge >= 0.3 is 5.97 Å². The van der Waals surface area contributed by atoms with Gasteiger partial charge < -0.3 is 14.8 Å². The summed E-state index contributed by atoms with van der Waals surface area (Å²) < 4.78 is 5.28. The van der Waals surface area contributed by atoms with Crippen molar-refractivity contribution >= 4 is 16.9 Å². The van der Waals surface area contributed by atoms with Crippen molar-refractivity contribution < 1.29 is 14.6 Å². The van der Waals surface area contributed by atoms with Crippen molar-refractivity contribution in [3.05, 3.63) is 53.1 Å². The summed E-state index contributed by atoms with van der Waals surface area (Å²) in [5.41, 5.74) is 5.91. The fraction of sp³-hybridized carbons (Fsp3) is 0.211. The molecule has 0 saturated carbocycles. The van der Waals surface area contributed by atoms with E-state index < -0.39 is 5.97 Å². The molecule has 0 spiro atoms. The minimum atomic E-state index is -0.847. The molecule has 118 valence electrons. The molecule has 1 heterocycles. The monoisotopic (exact) mass is 309 g/mol. The molecule has 4 nitrogen and oxygen atoms in total. The van der Waals surface area contributed by atoms with Crippen LogP contribution < -0.4 is 4.74 Å². The van der Waals surface area contributed by atoms with Crippen molar-refractivity contribution in [2.24, 2.45) is 0 Å². The lowest BCUT2D eigenvalue weighted by atomic mass is 9.98. The van der Waals surface area contributed by atoms with Crippen LogP contribution in [0.5, 0.6) is 5.75 Å². The first-order chi connectivity index (χ1) is 11.0. The Hall–Kier alpha value is -2.75. The number of aromatic amines is 1. The van der Waals surface area contributed by atoms with Crippen LogP contribution in [-0.4, -0.2) is 23.2 Å². The fourth-order valence-corrected chi connectivity index (χ4v) is 3.01. The van der Waals surface area contributed by atoms with Gasteiger partial charge in [-0.25, -0.2) is 0 Å². The maximum absolute atomic E-state index is 11.3. The number of hydrogen-bond donors (Lipinski definition) is 2. The Balaban J connectivity index is 2.28. The summed E-state index contributed by atoms with van der Waals surface area (Å²) in [7, 11) is 1.61. The lowest BCUT2D eigenvalue weighted by Gasteiger charge is -2.08. The third kappa shape index (κ3) is 2.80. The van der Waals surface area contributed by atoms with Crippen molar-refractivity contribution in [3.63, 3.8) is 0 Å². The van der Waals surface area contributed by atoms with E-state index in [0.717, 1.165) is 39.0 Å². The maximum atomic E-state index is 11.3. The molecule has 0 saturated heterocycles. The number of aromatic nitrogens is 1. The van der Waals surface area contributed by atoms with Gasteiger partial charge in [-0.05, 0) is 43.2 Å². The summed E-state index contributed by atoms with van der Waals surface area (Å²) in [6.07, 6.45) is -0.0319. The third-order valence-electron chi connectivity index (χ3n) is 4.09. The number of aryl methyl sites for hydroxylation is 2. The second-order valence-corrected chi connectivity index (χ2v) is 5.78. The first-order valence-corrected chi connectivity index (χ1v) is 7.47. The Bertz CT molecular complexity index is 893. The van der Waals surface area contributed by atoms with Crippen LogP contribution in [-0.2, 0) is 11.2 Å². The third-order valence-corrected chi connectivity index (χ3v) is 4.09. The Morgan fingerprint density at radius 2 is 1.96 bits per heavy atom. The molecular weight excluding hydrogens is 290 g/mol. The Morgan fingerprint density at radius 3 is 2.61 bits per heavy atom. The molecule has 0 aliphatic heterocycles. The number of benzene rings is 2. The van der Waals surface area contributed by atoms with Gasteiger partial charge in [-0.2, -0.15) is 0 Å². The molecule has 3 aromatic rings. The van der Waals surface area contributed by atoms with Crippen LogP contribution in [0, 0.1) is 13.8 Å². The Labute approximate surface area is 134 Å². The molecule has 0 amide bonds. The zero-order chi connectivity index (χ0) is 16.6. The SMILES string of the molecule is COc1ccc2[nH]c(-c3ccc(C)cc3C)c(CC(=O)O)c2c1. The van der Waals surface area contributed by atoms with Gasteiger partial charge in [0.05, 0.1) is 19.2 Å². The summed E-state index contributed by atoms with van der Waals surface area (Å²) in [6, 6.07) is 11.9. The predicted molar refractivity (Wildman–Crippen MR) is 91.1 cm³/mol. The van der Waals surface area contributed by atoms with Crippen molar-refractivity contribution in [2.75, 3.05) is 7.11 Å². The van der Waals surface area contributed by atoms with Crippen LogP contribution in [0.2, 0.25) is 0 Å². The number of carboxylic acids is 1. The lowest BCUT2D eigenvalue weighted by molar-refractivity contribution is -0.136. The average molecular weight is 309 g/mol. The molecule has 0 bridgehead atoms. The predicted octanol–water partition coefficient (Wildman–Crippen LogP) is 4.09. The van der Waals surface area contributed by atoms with Gasteiger partial charge in [0.2, 0.25) is 0 Å². The highest BCUT2D eigenvalue weighted by Crippen LogP contribution is 2.34. The lowest BCUT2D eigenvalue weighted by Crippen LogP contribution is -2.01. The zero-order valence-corrected chi connectivity index (χ0v) is 13.4. The van der Waals surface area contributed by atoms with Gasteiger partial charge in [0, 0.05) is 16.5 Å². The van der Waals surface area contributed by atoms with Crippen molar-refractivity contribution in [3.8, 4) is 17.0 Å². The summed E-state index contributed by atoms with van der Waals surface area (Å²) in [6.45, 7) is 4.09. The van der Waals surface area contributed by atoms with Crippen LogP contribution in [0.25, 0.3) is 22.2 Å². The van der Waals surface area contributed by atoms with E-state index in [4.69, 9.17) is 4.74 Å². The molecule has 2 N–H and O–H groups in total. The summed E-state index contributed by atoms with van der Waals surface area (Å²) in [4.78, 5) is 14.7. The van der Waals surface area contributed by atoms with E-state index in [0.29, 0.717) is 0 Å². The summed E-state index contributed by atoms with van der Waals surface area (Å²) in [5, 5.41) is 10.2. The van der Waals surface area contributed by atoms with E-state index in [1.807, 2.05) is 44.2 Å². The minimum absolute atomic E-state index is 0.0319. The molecule has 1 aromatic heterocycles. The molecule has 23 heavy (non-hydrogen) atoms. The van der Waals surface area contributed by atoms with E-state index in [1.54, 1.807) is 7.11 Å². The zero-order valence-electron chi connectivity index (χ0n) is 13.4. The molecular formula is C19H19NO3. The van der Waals surface area contributed by atoms with Crippen molar-refractivity contribution in [1.82, 2.24) is 4.98 Å². The number of ether oxygens (including phenoxy) is 1. The highest BCUT2D eigenvalue weighted by molar-refractivity contribution is 5.95. The summed E-state index contributed by atoms with van der Waals surface area (Å²) in [5.74, 6) is -0.130. The van der Waals surface area contributed by atoms with Gasteiger partial charge in [-0.15, -0.1) is 0 Å². The quantitative estimate of drug-likeness (QED) is 0.763. The van der Waals surface area contributed by atoms with E-state index >= 15 is 0 Å². The number of nitrogens with one attached hydrogen (secondary N) is 1. The van der Waals surface area contributed by atoms with E-state index in [2.05, 4.69) is 11.1 Å².